The first-order chi connectivity index (χ1) is 7.27. The topological polar surface area (TPSA) is 47.6 Å². The molecule has 15 heavy (non-hydrogen) atoms. The summed E-state index contributed by atoms with van der Waals surface area (Å²) in [6, 6.07) is 6.90. The van der Waals surface area contributed by atoms with Gasteiger partial charge in [0.1, 0.15) is 5.75 Å². The highest BCUT2D eigenvalue weighted by atomic mass is 16.6. The van der Waals surface area contributed by atoms with E-state index >= 15 is 0 Å². The minimum absolute atomic E-state index is 0.262. The van der Waals surface area contributed by atoms with Crippen LogP contribution in [-0.2, 0) is 4.84 Å². The van der Waals surface area contributed by atoms with Crippen LogP contribution in [0.5, 0.6) is 5.75 Å². The highest BCUT2D eigenvalue weighted by molar-refractivity contribution is 5.93. The van der Waals surface area contributed by atoms with Crippen molar-refractivity contribution in [2.45, 2.75) is 13.3 Å². The number of hydrogen-bond acceptors (Lipinski definition) is 3. The Kier molecular flexibility index (Phi) is 4.63. The van der Waals surface area contributed by atoms with Gasteiger partial charge < -0.3 is 4.74 Å². The molecule has 0 aliphatic rings. The van der Waals surface area contributed by atoms with E-state index in [1.807, 2.05) is 6.92 Å². The first-order valence-corrected chi connectivity index (χ1v) is 4.84. The zero-order chi connectivity index (χ0) is 11.1. The number of benzene rings is 1. The summed E-state index contributed by atoms with van der Waals surface area (Å²) in [5.74, 6) is 0.389. The fourth-order valence-electron chi connectivity index (χ4n) is 1.04. The minimum atomic E-state index is -0.262. The predicted molar refractivity (Wildman–Crippen MR) is 56.7 cm³/mol. The van der Waals surface area contributed by atoms with Gasteiger partial charge in [-0.25, -0.2) is 5.48 Å². The molecule has 82 valence electrons. The average molecular weight is 209 g/mol. The number of hydrogen-bond donors (Lipinski definition) is 1. The van der Waals surface area contributed by atoms with Crippen molar-refractivity contribution >= 4 is 5.91 Å². The predicted octanol–water partition coefficient (Wildman–Crippen LogP) is 1.77. The highest BCUT2D eigenvalue weighted by Gasteiger charge is 2.05. The van der Waals surface area contributed by atoms with Gasteiger partial charge in [-0.1, -0.05) is 13.0 Å². The van der Waals surface area contributed by atoms with Crippen LogP contribution in [0, 0.1) is 0 Å². The van der Waals surface area contributed by atoms with Crippen LogP contribution in [0.25, 0.3) is 0 Å². The molecule has 0 saturated carbocycles. The second-order valence-electron chi connectivity index (χ2n) is 3.01. The van der Waals surface area contributed by atoms with Crippen molar-refractivity contribution in [3.05, 3.63) is 29.8 Å². The van der Waals surface area contributed by atoms with Crippen molar-refractivity contribution < 1.29 is 14.4 Å². The largest absolute Gasteiger partial charge is 0.497 e. The monoisotopic (exact) mass is 209 g/mol. The van der Waals surface area contributed by atoms with Crippen molar-refractivity contribution in [1.82, 2.24) is 5.48 Å². The molecule has 1 amide bonds. The first kappa shape index (κ1) is 11.5. The number of hydroxylamine groups is 1. The lowest BCUT2D eigenvalue weighted by molar-refractivity contribution is 0.0315. The molecule has 0 aliphatic carbocycles. The molecule has 0 aliphatic heterocycles. The third kappa shape index (κ3) is 3.59. The molecule has 4 nitrogen and oxygen atoms in total. The van der Waals surface area contributed by atoms with Gasteiger partial charge in [0.25, 0.3) is 5.91 Å². The molecule has 1 N–H and O–H groups in total. The van der Waals surface area contributed by atoms with Gasteiger partial charge in [-0.15, -0.1) is 0 Å². The van der Waals surface area contributed by atoms with E-state index in [1.54, 1.807) is 31.4 Å². The lowest BCUT2D eigenvalue weighted by Gasteiger charge is -2.05. The normalized spacial score (nSPS) is 9.73. The van der Waals surface area contributed by atoms with E-state index in [9.17, 15) is 4.79 Å². The van der Waals surface area contributed by atoms with Gasteiger partial charge in [-0.05, 0) is 24.6 Å². The van der Waals surface area contributed by atoms with Gasteiger partial charge in [0, 0.05) is 5.56 Å². The lowest BCUT2D eigenvalue weighted by Crippen LogP contribution is -2.23. The maximum absolute atomic E-state index is 11.5. The summed E-state index contributed by atoms with van der Waals surface area (Å²) in [4.78, 5) is 16.4. The summed E-state index contributed by atoms with van der Waals surface area (Å²) in [6.07, 6.45) is 0.860. The van der Waals surface area contributed by atoms with Crippen molar-refractivity contribution in [3.8, 4) is 5.75 Å². The fourth-order valence-corrected chi connectivity index (χ4v) is 1.04. The summed E-state index contributed by atoms with van der Waals surface area (Å²) < 4.78 is 5.01. The SMILES string of the molecule is CCCONC(=O)c1cccc(OC)c1. The van der Waals surface area contributed by atoms with Crippen LogP contribution in [0.2, 0.25) is 0 Å². The molecule has 1 aromatic carbocycles. The maximum Gasteiger partial charge on any atom is 0.274 e. The molecule has 0 saturated heterocycles. The number of amides is 1. The second kappa shape index (κ2) is 6.03. The van der Waals surface area contributed by atoms with Gasteiger partial charge in [0.2, 0.25) is 0 Å². The number of ether oxygens (including phenoxy) is 1. The van der Waals surface area contributed by atoms with Gasteiger partial charge in [0.15, 0.2) is 0 Å². The Labute approximate surface area is 89.1 Å². The van der Waals surface area contributed by atoms with Crippen molar-refractivity contribution in [2.24, 2.45) is 0 Å². The Morgan fingerprint density at radius 1 is 1.47 bits per heavy atom. The van der Waals surface area contributed by atoms with Gasteiger partial charge >= 0.3 is 0 Å². The van der Waals surface area contributed by atoms with Crippen LogP contribution in [0.4, 0.5) is 0 Å². The number of carbonyl (C=O) groups is 1. The fraction of sp³-hybridized carbons (Fsp3) is 0.364. The zero-order valence-corrected chi connectivity index (χ0v) is 8.95. The molecule has 4 heteroatoms. The Morgan fingerprint density at radius 3 is 2.93 bits per heavy atom. The number of carbonyl (C=O) groups excluding carboxylic acids is 1. The lowest BCUT2D eigenvalue weighted by atomic mass is 10.2. The molecule has 0 spiro atoms. The molecule has 0 fully saturated rings. The van der Waals surface area contributed by atoms with Gasteiger partial charge in [-0.3, -0.25) is 9.63 Å². The van der Waals surface area contributed by atoms with E-state index in [0.29, 0.717) is 17.9 Å². The van der Waals surface area contributed by atoms with Crippen molar-refractivity contribution in [3.63, 3.8) is 0 Å². The molecule has 1 rings (SSSR count). The Hall–Kier alpha value is -1.55. The smallest absolute Gasteiger partial charge is 0.274 e. The molecule has 0 radical (unpaired) electrons. The Bertz CT molecular complexity index is 325. The maximum atomic E-state index is 11.5. The van der Waals surface area contributed by atoms with Crippen molar-refractivity contribution in [2.75, 3.05) is 13.7 Å². The van der Waals surface area contributed by atoms with E-state index in [-0.39, 0.29) is 5.91 Å². The molecule has 0 heterocycles. The van der Waals surface area contributed by atoms with E-state index in [0.717, 1.165) is 6.42 Å². The van der Waals surface area contributed by atoms with Crippen LogP contribution >= 0.6 is 0 Å². The highest BCUT2D eigenvalue weighted by Crippen LogP contribution is 2.12. The molecule has 0 atom stereocenters. The summed E-state index contributed by atoms with van der Waals surface area (Å²) in [5, 5.41) is 0. The van der Waals surface area contributed by atoms with Crippen LogP contribution in [0.1, 0.15) is 23.7 Å². The van der Waals surface area contributed by atoms with Crippen LogP contribution in [0.15, 0.2) is 24.3 Å². The van der Waals surface area contributed by atoms with E-state index in [4.69, 9.17) is 9.57 Å². The Morgan fingerprint density at radius 2 is 2.27 bits per heavy atom. The molecular formula is C11H15NO3. The molecule has 1 aromatic rings. The van der Waals surface area contributed by atoms with E-state index in [2.05, 4.69) is 5.48 Å². The van der Waals surface area contributed by atoms with Gasteiger partial charge in [-0.2, -0.15) is 0 Å². The van der Waals surface area contributed by atoms with E-state index in [1.165, 1.54) is 0 Å². The third-order valence-electron chi connectivity index (χ3n) is 1.80. The van der Waals surface area contributed by atoms with Crippen molar-refractivity contribution in [1.29, 1.82) is 0 Å². The summed E-state index contributed by atoms with van der Waals surface area (Å²) in [7, 11) is 1.56. The molecular weight excluding hydrogens is 194 g/mol. The average Bonchev–Trinajstić information content (AvgIpc) is 2.29. The molecule has 0 bridgehead atoms. The quantitative estimate of drug-likeness (QED) is 0.594. The minimum Gasteiger partial charge on any atom is -0.497 e. The Balaban J connectivity index is 2.57. The summed E-state index contributed by atoms with van der Waals surface area (Å²) in [6.45, 7) is 2.48. The van der Waals surface area contributed by atoms with Gasteiger partial charge in [0.05, 0.1) is 13.7 Å². The summed E-state index contributed by atoms with van der Waals surface area (Å²) >= 11 is 0. The van der Waals surface area contributed by atoms with E-state index < -0.39 is 0 Å². The zero-order valence-electron chi connectivity index (χ0n) is 8.95. The number of methoxy groups -OCH3 is 1. The number of rotatable bonds is 5. The molecule has 0 unspecified atom stereocenters. The van der Waals surface area contributed by atoms with Crippen LogP contribution < -0.4 is 10.2 Å². The molecule has 0 aromatic heterocycles. The standard InChI is InChI=1S/C11H15NO3/c1-3-7-15-12-11(13)9-5-4-6-10(8-9)14-2/h4-6,8H,3,7H2,1-2H3,(H,12,13). The second-order valence-corrected chi connectivity index (χ2v) is 3.01. The number of nitrogens with one attached hydrogen (secondary N) is 1. The summed E-state index contributed by atoms with van der Waals surface area (Å²) in [5.41, 5.74) is 2.88. The van der Waals surface area contributed by atoms with Crippen LogP contribution in [-0.4, -0.2) is 19.6 Å². The van der Waals surface area contributed by atoms with Crippen LogP contribution in [0.3, 0.4) is 0 Å². The third-order valence-corrected chi connectivity index (χ3v) is 1.80. The first-order valence-electron chi connectivity index (χ1n) is 4.84.